The average molecular weight is 353 g/mol. The van der Waals surface area contributed by atoms with Crippen LogP contribution in [0.2, 0.25) is 0 Å². The van der Waals surface area contributed by atoms with E-state index in [4.69, 9.17) is 5.73 Å². The summed E-state index contributed by atoms with van der Waals surface area (Å²) in [4.78, 5) is 12.9. The molecule has 0 aliphatic heterocycles. The molecule has 0 bridgehead atoms. The molecule has 2 rings (SSSR count). The molecule has 1 amide bonds. The number of thiophene rings is 1. The standard InChI is InChI=1S/C15H17BrN2OS/c1-10(9-11-4-6-12(16)7-5-11)18-15(19)14(17)13-3-2-8-20-13/h2-8,10,14H,9,17H2,1H3,(H,18,19). The first-order chi connectivity index (χ1) is 9.56. The van der Waals surface area contributed by atoms with E-state index in [0.717, 1.165) is 15.8 Å². The Hall–Kier alpha value is -1.17. The molecule has 1 aromatic carbocycles. The van der Waals surface area contributed by atoms with Crippen LogP contribution in [-0.4, -0.2) is 11.9 Å². The molecule has 3 N–H and O–H groups in total. The maximum Gasteiger partial charge on any atom is 0.242 e. The highest BCUT2D eigenvalue weighted by Crippen LogP contribution is 2.17. The fourth-order valence-corrected chi connectivity index (χ4v) is 2.94. The van der Waals surface area contributed by atoms with E-state index < -0.39 is 6.04 Å². The Morgan fingerprint density at radius 1 is 1.35 bits per heavy atom. The van der Waals surface area contributed by atoms with Gasteiger partial charge in [-0.15, -0.1) is 11.3 Å². The first-order valence-corrected chi connectivity index (χ1v) is 8.07. The predicted octanol–water partition coefficient (Wildman–Crippen LogP) is 3.26. The number of hydrogen-bond donors (Lipinski definition) is 2. The van der Waals surface area contributed by atoms with Gasteiger partial charge in [0.2, 0.25) is 5.91 Å². The van der Waals surface area contributed by atoms with Gasteiger partial charge in [-0.05, 0) is 42.5 Å². The minimum atomic E-state index is -0.581. The van der Waals surface area contributed by atoms with Crippen molar-refractivity contribution >= 4 is 33.2 Å². The molecular weight excluding hydrogens is 336 g/mol. The number of benzene rings is 1. The van der Waals surface area contributed by atoms with Gasteiger partial charge in [-0.2, -0.15) is 0 Å². The van der Waals surface area contributed by atoms with Crippen LogP contribution in [-0.2, 0) is 11.2 Å². The first-order valence-electron chi connectivity index (χ1n) is 6.40. The summed E-state index contributed by atoms with van der Waals surface area (Å²) in [5, 5.41) is 4.89. The van der Waals surface area contributed by atoms with Gasteiger partial charge in [-0.25, -0.2) is 0 Å². The molecular formula is C15H17BrN2OS. The van der Waals surface area contributed by atoms with E-state index in [-0.39, 0.29) is 11.9 Å². The van der Waals surface area contributed by atoms with Crippen LogP contribution >= 0.6 is 27.3 Å². The maximum absolute atomic E-state index is 12.1. The summed E-state index contributed by atoms with van der Waals surface area (Å²) in [7, 11) is 0. The van der Waals surface area contributed by atoms with Crippen LogP contribution in [0.3, 0.4) is 0 Å². The second kappa shape index (κ2) is 7.02. The monoisotopic (exact) mass is 352 g/mol. The molecule has 1 heterocycles. The minimum absolute atomic E-state index is 0.0506. The third kappa shape index (κ3) is 4.16. The molecule has 2 atom stereocenters. The summed E-state index contributed by atoms with van der Waals surface area (Å²) in [5.74, 6) is -0.128. The Labute approximate surface area is 131 Å². The number of halogens is 1. The third-order valence-electron chi connectivity index (χ3n) is 2.98. The highest BCUT2D eigenvalue weighted by molar-refractivity contribution is 9.10. The van der Waals surface area contributed by atoms with Crippen molar-refractivity contribution in [1.82, 2.24) is 5.32 Å². The first kappa shape index (κ1) is 15.2. The number of rotatable bonds is 5. The predicted molar refractivity (Wildman–Crippen MR) is 86.7 cm³/mol. The molecule has 3 nitrogen and oxygen atoms in total. The Morgan fingerprint density at radius 3 is 2.65 bits per heavy atom. The topological polar surface area (TPSA) is 55.1 Å². The van der Waals surface area contributed by atoms with E-state index in [9.17, 15) is 4.79 Å². The fourth-order valence-electron chi connectivity index (χ4n) is 1.96. The van der Waals surface area contributed by atoms with Gasteiger partial charge in [0.25, 0.3) is 0 Å². The molecule has 2 aromatic rings. The molecule has 106 valence electrons. The molecule has 0 aliphatic rings. The van der Waals surface area contributed by atoms with Crippen molar-refractivity contribution in [3.63, 3.8) is 0 Å². The maximum atomic E-state index is 12.1. The third-order valence-corrected chi connectivity index (χ3v) is 4.46. The number of carbonyl (C=O) groups is 1. The summed E-state index contributed by atoms with van der Waals surface area (Å²) in [5.41, 5.74) is 7.12. The molecule has 0 radical (unpaired) electrons. The summed E-state index contributed by atoms with van der Waals surface area (Å²) in [6.45, 7) is 1.99. The van der Waals surface area contributed by atoms with Crippen LogP contribution < -0.4 is 11.1 Å². The Bertz CT molecular complexity index is 554. The van der Waals surface area contributed by atoms with E-state index in [0.29, 0.717) is 0 Å². The molecule has 0 aliphatic carbocycles. The van der Waals surface area contributed by atoms with Gasteiger partial charge in [-0.1, -0.05) is 34.1 Å². The lowest BCUT2D eigenvalue weighted by molar-refractivity contribution is -0.123. The Morgan fingerprint density at radius 2 is 2.05 bits per heavy atom. The minimum Gasteiger partial charge on any atom is -0.352 e. The van der Waals surface area contributed by atoms with Crippen LogP contribution in [0.5, 0.6) is 0 Å². The largest absolute Gasteiger partial charge is 0.352 e. The van der Waals surface area contributed by atoms with Crippen molar-refractivity contribution in [2.45, 2.75) is 25.4 Å². The van der Waals surface area contributed by atoms with Gasteiger partial charge in [0.15, 0.2) is 0 Å². The number of hydrogen-bond acceptors (Lipinski definition) is 3. The highest BCUT2D eigenvalue weighted by Gasteiger charge is 2.18. The van der Waals surface area contributed by atoms with Gasteiger partial charge in [-0.3, -0.25) is 4.79 Å². The highest BCUT2D eigenvalue weighted by atomic mass is 79.9. The summed E-state index contributed by atoms with van der Waals surface area (Å²) in [6.07, 6.45) is 0.788. The van der Waals surface area contributed by atoms with E-state index in [2.05, 4.69) is 21.2 Å². The molecule has 2 unspecified atom stereocenters. The summed E-state index contributed by atoms with van der Waals surface area (Å²) < 4.78 is 1.05. The molecule has 1 aromatic heterocycles. The smallest absolute Gasteiger partial charge is 0.242 e. The fraction of sp³-hybridized carbons (Fsp3) is 0.267. The molecule has 20 heavy (non-hydrogen) atoms. The molecule has 5 heteroatoms. The second-order valence-electron chi connectivity index (χ2n) is 4.73. The zero-order valence-corrected chi connectivity index (χ0v) is 13.6. The van der Waals surface area contributed by atoms with E-state index in [1.807, 2.05) is 48.7 Å². The SMILES string of the molecule is CC(Cc1ccc(Br)cc1)NC(=O)C(N)c1cccs1. The van der Waals surface area contributed by atoms with Crippen molar-refractivity contribution in [2.75, 3.05) is 0 Å². The van der Waals surface area contributed by atoms with E-state index >= 15 is 0 Å². The van der Waals surface area contributed by atoms with Gasteiger partial charge in [0.05, 0.1) is 0 Å². The van der Waals surface area contributed by atoms with Gasteiger partial charge < -0.3 is 11.1 Å². The van der Waals surface area contributed by atoms with Gasteiger partial charge >= 0.3 is 0 Å². The normalized spacial score (nSPS) is 13.8. The van der Waals surface area contributed by atoms with Crippen LogP contribution in [0, 0.1) is 0 Å². The van der Waals surface area contributed by atoms with Crippen molar-refractivity contribution in [2.24, 2.45) is 5.73 Å². The van der Waals surface area contributed by atoms with Gasteiger partial charge in [0.1, 0.15) is 6.04 Å². The zero-order chi connectivity index (χ0) is 14.5. The van der Waals surface area contributed by atoms with Crippen LogP contribution in [0.15, 0.2) is 46.3 Å². The lowest BCUT2D eigenvalue weighted by atomic mass is 10.1. The van der Waals surface area contributed by atoms with Crippen molar-refractivity contribution in [3.05, 3.63) is 56.7 Å². The lowest BCUT2D eigenvalue weighted by Crippen LogP contribution is -2.40. The molecule has 0 spiro atoms. The quantitative estimate of drug-likeness (QED) is 0.867. The van der Waals surface area contributed by atoms with Crippen molar-refractivity contribution in [1.29, 1.82) is 0 Å². The second-order valence-corrected chi connectivity index (χ2v) is 6.63. The number of amides is 1. The zero-order valence-electron chi connectivity index (χ0n) is 11.2. The molecule has 0 fully saturated rings. The average Bonchev–Trinajstić information content (AvgIpc) is 2.94. The Balaban J connectivity index is 1.89. The van der Waals surface area contributed by atoms with Crippen LogP contribution in [0.4, 0.5) is 0 Å². The van der Waals surface area contributed by atoms with Crippen LogP contribution in [0.25, 0.3) is 0 Å². The number of nitrogens with two attached hydrogens (primary N) is 1. The molecule has 0 saturated heterocycles. The van der Waals surface area contributed by atoms with Crippen molar-refractivity contribution in [3.8, 4) is 0 Å². The lowest BCUT2D eigenvalue weighted by Gasteiger charge is -2.17. The molecule has 0 saturated carbocycles. The summed E-state index contributed by atoms with van der Waals surface area (Å²) >= 11 is 4.91. The number of carbonyl (C=O) groups excluding carboxylic acids is 1. The van der Waals surface area contributed by atoms with Crippen LogP contribution in [0.1, 0.15) is 23.4 Å². The van der Waals surface area contributed by atoms with E-state index in [1.54, 1.807) is 0 Å². The summed E-state index contributed by atoms with van der Waals surface area (Å²) in [6, 6.07) is 11.4. The van der Waals surface area contributed by atoms with Gasteiger partial charge in [0, 0.05) is 15.4 Å². The van der Waals surface area contributed by atoms with Crippen molar-refractivity contribution < 1.29 is 4.79 Å². The number of nitrogens with one attached hydrogen (secondary N) is 1. The van der Waals surface area contributed by atoms with E-state index in [1.165, 1.54) is 16.9 Å². The Kier molecular flexibility index (Phi) is 5.34.